The van der Waals surface area contributed by atoms with Crippen molar-refractivity contribution in [1.29, 1.82) is 0 Å². The van der Waals surface area contributed by atoms with Crippen LogP contribution in [-0.2, 0) is 14.3 Å². The molecule has 8 nitrogen and oxygen atoms in total. The van der Waals surface area contributed by atoms with E-state index in [0.29, 0.717) is 12.1 Å². The Morgan fingerprint density at radius 3 is 2.13 bits per heavy atom. The number of esters is 1. The third-order valence-corrected chi connectivity index (χ3v) is 9.57. The molecule has 47 heavy (non-hydrogen) atoms. The number of rotatable bonds is 20. The molecule has 0 N–H and O–H groups in total. The second kappa shape index (κ2) is 22.5. The van der Waals surface area contributed by atoms with Crippen molar-refractivity contribution in [2.75, 3.05) is 52.0 Å². The molecule has 3 rings (SSSR count). The molecule has 1 aromatic carbocycles. The lowest BCUT2D eigenvalue weighted by Gasteiger charge is -2.39. The zero-order valence-electron chi connectivity index (χ0n) is 29.4. The average Bonchev–Trinajstić information content (AvgIpc) is 3.46. The number of amides is 1. The summed E-state index contributed by atoms with van der Waals surface area (Å²) < 4.78 is 11.0. The van der Waals surface area contributed by atoms with Crippen molar-refractivity contribution in [3.05, 3.63) is 64.9 Å². The summed E-state index contributed by atoms with van der Waals surface area (Å²) in [5.41, 5.74) is 1.57. The van der Waals surface area contributed by atoms with E-state index in [1.807, 2.05) is 37.3 Å². The number of anilines is 1. The van der Waals surface area contributed by atoms with Crippen LogP contribution in [0.3, 0.4) is 0 Å². The number of hydrogen-bond donors (Lipinski definition) is 0. The quantitative estimate of drug-likeness (QED) is 0.0594. The number of benzene rings is 1. The molecule has 0 saturated carbocycles. The van der Waals surface area contributed by atoms with Crippen molar-refractivity contribution >= 4 is 34.6 Å². The van der Waals surface area contributed by atoms with Gasteiger partial charge in [0.2, 0.25) is 6.79 Å². The van der Waals surface area contributed by atoms with Crippen molar-refractivity contribution in [3.8, 4) is 0 Å². The molecular formula is C38H58N4O4S. The number of allylic oxidation sites excluding steroid dienone is 4. The number of carbonyl (C=O) groups is 2. The van der Waals surface area contributed by atoms with Crippen molar-refractivity contribution < 1.29 is 19.1 Å². The maximum Gasteiger partial charge on any atom is 0.423 e. The Kier molecular flexibility index (Phi) is 18.4. The maximum absolute atomic E-state index is 13.8. The minimum Gasteiger partial charge on any atom is -0.428 e. The second-order valence-corrected chi connectivity index (χ2v) is 13.7. The van der Waals surface area contributed by atoms with Gasteiger partial charge in [-0.1, -0.05) is 100 Å². The van der Waals surface area contributed by atoms with Crippen LogP contribution in [0.1, 0.15) is 104 Å². The predicted octanol–water partition coefficient (Wildman–Crippen LogP) is 9.31. The van der Waals surface area contributed by atoms with Gasteiger partial charge in [-0.3, -0.25) is 9.79 Å². The summed E-state index contributed by atoms with van der Waals surface area (Å²) in [5, 5.41) is 0.858. The molecule has 9 heteroatoms. The van der Waals surface area contributed by atoms with Gasteiger partial charge in [0.1, 0.15) is 10.9 Å². The SMILES string of the molecule is CCCCCCCC/C=C\CCCCCCCC(=O)OCOC(=O)N(/C(=C1/C=C(C)S/C1=N/C)N1CCN(C)CC1)c1ccccc1. The number of unbranched alkanes of at least 4 members (excludes halogenated alkanes) is 11. The number of ether oxygens (including phenoxy) is 2. The fraction of sp³-hybridized carbons (Fsp3) is 0.605. The van der Waals surface area contributed by atoms with Crippen molar-refractivity contribution in [1.82, 2.24) is 9.80 Å². The zero-order valence-corrected chi connectivity index (χ0v) is 30.2. The third-order valence-electron chi connectivity index (χ3n) is 8.54. The number of carbonyl (C=O) groups excluding carboxylic acids is 2. The maximum atomic E-state index is 13.8. The van der Waals surface area contributed by atoms with Gasteiger partial charge in [0.05, 0.1) is 5.69 Å². The van der Waals surface area contributed by atoms with Crippen LogP contribution < -0.4 is 4.90 Å². The Balaban J connectivity index is 1.45. The van der Waals surface area contributed by atoms with Crippen molar-refractivity contribution in [2.45, 2.75) is 104 Å². The minimum atomic E-state index is -0.593. The summed E-state index contributed by atoms with van der Waals surface area (Å²) in [7, 11) is 3.88. The van der Waals surface area contributed by atoms with Crippen LogP contribution >= 0.6 is 11.8 Å². The Morgan fingerprint density at radius 1 is 0.872 bits per heavy atom. The topological polar surface area (TPSA) is 74.7 Å². The van der Waals surface area contributed by atoms with Crippen LogP contribution in [0.5, 0.6) is 0 Å². The van der Waals surface area contributed by atoms with E-state index in [2.05, 4.69) is 47.0 Å². The summed E-state index contributed by atoms with van der Waals surface area (Å²) in [4.78, 5) is 38.0. The van der Waals surface area contributed by atoms with E-state index in [9.17, 15) is 9.59 Å². The number of likely N-dealkylation sites (N-methyl/N-ethyl adjacent to an activating group) is 1. The molecule has 260 valence electrons. The number of para-hydroxylation sites is 1. The van der Waals surface area contributed by atoms with E-state index in [1.54, 1.807) is 23.7 Å². The summed E-state index contributed by atoms with van der Waals surface area (Å²) in [6, 6.07) is 9.49. The smallest absolute Gasteiger partial charge is 0.423 e. The van der Waals surface area contributed by atoms with Crippen molar-refractivity contribution in [2.24, 2.45) is 4.99 Å². The molecule has 1 saturated heterocycles. The average molecular weight is 667 g/mol. The molecule has 1 aromatic rings. The monoisotopic (exact) mass is 666 g/mol. The van der Waals surface area contributed by atoms with Gasteiger partial charge in [-0.15, -0.1) is 0 Å². The molecule has 1 amide bonds. The van der Waals surface area contributed by atoms with Gasteiger partial charge < -0.3 is 19.3 Å². The first kappa shape index (κ1) is 38.4. The van der Waals surface area contributed by atoms with E-state index < -0.39 is 12.9 Å². The molecule has 2 aliphatic rings. The number of nitrogens with zero attached hydrogens (tertiary/aromatic N) is 4. The fourth-order valence-electron chi connectivity index (χ4n) is 5.79. The lowest BCUT2D eigenvalue weighted by atomic mass is 10.1. The highest BCUT2D eigenvalue weighted by Gasteiger charge is 2.33. The molecule has 0 radical (unpaired) electrons. The second-order valence-electron chi connectivity index (χ2n) is 12.5. The van der Waals surface area contributed by atoms with Crippen LogP contribution in [-0.4, -0.2) is 74.0 Å². The lowest BCUT2D eigenvalue weighted by Crippen LogP contribution is -2.49. The molecule has 0 bridgehead atoms. The molecule has 2 aliphatic heterocycles. The number of aliphatic imine (C=N–C) groups is 1. The first-order valence-electron chi connectivity index (χ1n) is 17.8. The summed E-state index contributed by atoms with van der Waals surface area (Å²) >= 11 is 1.60. The summed E-state index contributed by atoms with van der Waals surface area (Å²) in [6.45, 7) is 7.14. The van der Waals surface area contributed by atoms with Gasteiger partial charge in [-0.25, -0.2) is 9.69 Å². The van der Waals surface area contributed by atoms with E-state index in [1.165, 1.54) is 57.8 Å². The Bertz CT molecular complexity index is 1210. The van der Waals surface area contributed by atoms with E-state index in [0.717, 1.165) is 73.2 Å². The van der Waals surface area contributed by atoms with Crippen LogP contribution in [0.25, 0.3) is 0 Å². The number of piperazine rings is 1. The third kappa shape index (κ3) is 13.9. The molecule has 0 aliphatic carbocycles. The summed E-state index contributed by atoms with van der Waals surface area (Å²) in [5.74, 6) is 0.393. The molecule has 2 heterocycles. The lowest BCUT2D eigenvalue weighted by molar-refractivity contribution is -0.151. The Morgan fingerprint density at radius 2 is 1.49 bits per heavy atom. The van der Waals surface area contributed by atoms with Gasteiger partial charge in [-0.05, 0) is 69.2 Å². The molecule has 0 atom stereocenters. The molecule has 1 fully saturated rings. The van der Waals surface area contributed by atoms with Gasteiger partial charge in [0, 0.05) is 45.2 Å². The predicted molar refractivity (Wildman–Crippen MR) is 197 cm³/mol. The van der Waals surface area contributed by atoms with Gasteiger partial charge in [-0.2, -0.15) is 0 Å². The van der Waals surface area contributed by atoms with Crippen LogP contribution in [0.15, 0.2) is 69.9 Å². The van der Waals surface area contributed by atoms with E-state index >= 15 is 0 Å². The van der Waals surface area contributed by atoms with E-state index in [-0.39, 0.29) is 5.97 Å². The highest BCUT2D eigenvalue weighted by molar-refractivity contribution is 8.18. The molecular weight excluding hydrogens is 609 g/mol. The van der Waals surface area contributed by atoms with Gasteiger partial charge in [0.25, 0.3) is 0 Å². The molecule has 0 spiro atoms. The number of hydrogen-bond acceptors (Lipinski definition) is 8. The number of thioether (sulfide) groups is 1. The molecule has 0 aromatic heterocycles. The Labute approximate surface area is 288 Å². The van der Waals surface area contributed by atoms with Crippen LogP contribution in [0, 0.1) is 0 Å². The Hall–Kier alpha value is -3.04. The summed E-state index contributed by atoms with van der Waals surface area (Å²) in [6.07, 6.45) is 22.1. The van der Waals surface area contributed by atoms with Crippen molar-refractivity contribution in [3.63, 3.8) is 0 Å². The standard InChI is InChI=1S/C38H58N4O4S/c1-5-6-7-8-9-10-11-12-13-14-15-16-17-18-22-25-35(43)45-31-46-38(44)42(33-23-20-19-21-24-33)37(41-28-26-40(4)27-29-41)34-30-32(2)47-36(34)39-3/h12-13,19-21,23-24,30H,5-11,14-18,22,25-29,31H2,1-4H3/b13-12-,37-34-,39-36+. The molecule has 0 unspecified atom stereocenters. The first-order chi connectivity index (χ1) is 22.9. The van der Waals surface area contributed by atoms with Gasteiger partial charge >= 0.3 is 12.1 Å². The fourth-order valence-corrected chi connectivity index (χ4v) is 6.63. The van der Waals surface area contributed by atoms with Gasteiger partial charge in [0.15, 0.2) is 0 Å². The normalized spacial score (nSPS) is 17.3. The minimum absolute atomic E-state index is 0.326. The van der Waals surface area contributed by atoms with Crippen LogP contribution in [0.4, 0.5) is 10.5 Å². The highest BCUT2D eigenvalue weighted by Crippen LogP contribution is 2.37. The highest BCUT2D eigenvalue weighted by atomic mass is 32.2. The largest absolute Gasteiger partial charge is 0.428 e. The zero-order chi connectivity index (χ0) is 33.7. The van der Waals surface area contributed by atoms with Crippen LogP contribution in [0.2, 0.25) is 0 Å². The van der Waals surface area contributed by atoms with E-state index in [4.69, 9.17) is 9.47 Å². The first-order valence-corrected chi connectivity index (χ1v) is 18.6.